The Labute approximate surface area is 202 Å². The van der Waals surface area contributed by atoms with Crippen molar-refractivity contribution in [1.82, 2.24) is 19.1 Å². The molecule has 4 aromatic rings. The van der Waals surface area contributed by atoms with Gasteiger partial charge in [-0.1, -0.05) is 42.1 Å². The van der Waals surface area contributed by atoms with Gasteiger partial charge in [-0.15, -0.1) is 10.2 Å². The Balaban J connectivity index is 1.49. The first kappa shape index (κ1) is 22.5. The highest BCUT2D eigenvalue weighted by Crippen LogP contribution is 2.37. The van der Waals surface area contributed by atoms with E-state index in [2.05, 4.69) is 10.2 Å². The van der Waals surface area contributed by atoms with Gasteiger partial charge >= 0.3 is 0 Å². The van der Waals surface area contributed by atoms with Gasteiger partial charge in [0, 0.05) is 31.1 Å². The molecule has 8 nitrogen and oxygen atoms in total. The van der Waals surface area contributed by atoms with Gasteiger partial charge in [0.05, 0.1) is 4.90 Å². The van der Waals surface area contributed by atoms with Crippen molar-refractivity contribution in [3.63, 3.8) is 0 Å². The lowest BCUT2D eigenvalue weighted by atomic mass is 10.2. The number of thioether (sulfide) groups is 1. The van der Waals surface area contributed by atoms with E-state index in [0.29, 0.717) is 28.2 Å². The van der Waals surface area contributed by atoms with Gasteiger partial charge in [-0.05, 0) is 48.0 Å². The molecule has 0 bridgehead atoms. The lowest BCUT2D eigenvalue weighted by molar-refractivity contribution is 0.174. The lowest BCUT2D eigenvalue weighted by Gasteiger charge is -2.13. The zero-order valence-corrected chi connectivity index (χ0v) is 20.2. The van der Waals surface area contributed by atoms with Crippen LogP contribution in [0.2, 0.25) is 0 Å². The van der Waals surface area contributed by atoms with Gasteiger partial charge in [0.1, 0.15) is 0 Å². The first-order valence-corrected chi connectivity index (χ1v) is 12.9. The Bertz CT molecular complexity index is 1440. The van der Waals surface area contributed by atoms with Crippen molar-refractivity contribution >= 4 is 21.8 Å². The van der Waals surface area contributed by atoms with E-state index in [1.807, 2.05) is 59.2 Å². The van der Waals surface area contributed by atoms with E-state index in [4.69, 9.17) is 9.47 Å². The molecule has 0 aliphatic carbocycles. The molecule has 1 aliphatic heterocycles. The molecule has 0 amide bonds. The van der Waals surface area contributed by atoms with Crippen LogP contribution in [0.15, 0.2) is 82.8 Å². The number of hydrogen-bond donors (Lipinski definition) is 0. The SMILES string of the molecule is CN(C)S(=O)(=O)c1cccc(CSc2nnc(-c3ccc4c(c3)OCO4)n2-c2ccccc2)c1. The van der Waals surface area contributed by atoms with Gasteiger partial charge in [0.15, 0.2) is 22.5 Å². The van der Waals surface area contributed by atoms with Crippen molar-refractivity contribution < 1.29 is 17.9 Å². The van der Waals surface area contributed by atoms with Crippen molar-refractivity contribution in [3.05, 3.63) is 78.4 Å². The second-order valence-electron chi connectivity index (χ2n) is 7.77. The summed E-state index contributed by atoms with van der Waals surface area (Å²) in [6, 6.07) is 22.5. The zero-order chi connectivity index (χ0) is 23.7. The Morgan fingerprint density at radius 1 is 0.941 bits per heavy atom. The van der Waals surface area contributed by atoms with Crippen LogP contribution in [0.5, 0.6) is 11.5 Å². The normalized spacial score (nSPS) is 12.9. The number of benzene rings is 3. The largest absolute Gasteiger partial charge is 0.454 e. The molecule has 0 fully saturated rings. The van der Waals surface area contributed by atoms with Crippen LogP contribution in [0.1, 0.15) is 5.56 Å². The summed E-state index contributed by atoms with van der Waals surface area (Å²) in [6.45, 7) is 0.202. The molecule has 1 aliphatic rings. The number of sulfonamides is 1. The van der Waals surface area contributed by atoms with Crippen molar-refractivity contribution in [2.75, 3.05) is 20.9 Å². The molecular weight excluding hydrogens is 472 g/mol. The van der Waals surface area contributed by atoms with E-state index in [1.165, 1.54) is 30.2 Å². The topological polar surface area (TPSA) is 86.6 Å². The van der Waals surface area contributed by atoms with Crippen LogP contribution in [0.25, 0.3) is 17.1 Å². The first-order valence-electron chi connectivity index (χ1n) is 10.5. The highest BCUT2D eigenvalue weighted by atomic mass is 32.2. The van der Waals surface area contributed by atoms with Gasteiger partial charge < -0.3 is 9.47 Å². The molecule has 0 atom stereocenters. The summed E-state index contributed by atoms with van der Waals surface area (Å²) < 4.78 is 39.2. The predicted molar refractivity (Wildman–Crippen MR) is 130 cm³/mol. The maximum Gasteiger partial charge on any atom is 0.242 e. The van der Waals surface area contributed by atoms with Gasteiger partial charge in [-0.2, -0.15) is 0 Å². The van der Waals surface area contributed by atoms with E-state index >= 15 is 0 Å². The molecule has 5 rings (SSSR count). The Morgan fingerprint density at radius 2 is 1.74 bits per heavy atom. The molecule has 0 saturated carbocycles. The highest BCUT2D eigenvalue weighted by molar-refractivity contribution is 7.98. The number of ether oxygens (including phenoxy) is 2. The van der Waals surface area contributed by atoms with Crippen LogP contribution >= 0.6 is 11.8 Å². The van der Waals surface area contributed by atoms with Crippen LogP contribution < -0.4 is 9.47 Å². The summed E-state index contributed by atoms with van der Waals surface area (Å²) in [5, 5.41) is 9.62. The van der Waals surface area contributed by atoms with Crippen molar-refractivity contribution in [3.8, 4) is 28.6 Å². The van der Waals surface area contributed by atoms with Crippen LogP contribution in [-0.4, -0.2) is 48.4 Å². The van der Waals surface area contributed by atoms with E-state index < -0.39 is 10.0 Å². The van der Waals surface area contributed by atoms with Gasteiger partial charge in [-0.3, -0.25) is 4.57 Å². The quantitative estimate of drug-likeness (QED) is 0.356. The number of rotatable bonds is 7. The predicted octanol–water partition coefficient (Wildman–Crippen LogP) is 4.21. The smallest absolute Gasteiger partial charge is 0.242 e. The standard InChI is InChI=1S/C24H22N4O4S2/c1-27(2)34(29,30)20-10-6-7-17(13-20)15-33-24-26-25-23(28(24)19-8-4-3-5-9-19)18-11-12-21-22(14-18)32-16-31-21/h3-14H,15-16H2,1-2H3. The van der Waals surface area contributed by atoms with Crippen LogP contribution in [0.4, 0.5) is 0 Å². The second kappa shape index (κ2) is 9.13. The molecular formula is C24H22N4O4S2. The van der Waals surface area contributed by atoms with E-state index in [1.54, 1.807) is 18.2 Å². The van der Waals surface area contributed by atoms with Crippen molar-refractivity contribution in [2.24, 2.45) is 0 Å². The lowest BCUT2D eigenvalue weighted by Crippen LogP contribution is -2.22. The highest BCUT2D eigenvalue weighted by Gasteiger charge is 2.21. The Hall–Kier alpha value is -3.34. The average molecular weight is 495 g/mol. The third-order valence-electron chi connectivity index (χ3n) is 5.32. The molecule has 0 spiro atoms. The maximum atomic E-state index is 12.5. The summed E-state index contributed by atoms with van der Waals surface area (Å²) in [5.41, 5.74) is 2.65. The third kappa shape index (κ3) is 4.27. The van der Waals surface area contributed by atoms with Gasteiger partial charge in [0.25, 0.3) is 0 Å². The second-order valence-corrected chi connectivity index (χ2v) is 10.9. The fourth-order valence-corrected chi connectivity index (χ4v) is 5.42. The minimum absolute atomic E-state index is 0.202. The summed E-state index contributed by atoms with van der Waals surface area (Å²) in [7, 11) is -0.453. The minimum atomic E-state index is -3.50. The Morgan fingerprint density at radius 3 is 2.53 bits per heavy atom. The fourth-order valence-electron chi connectivity index (χ4n) is 3.55. The summed E-state index contributed by atoms with van der Waals surface area (Å²) >= 11 is 1.49. The molecule has 0 N–H and O–H groups in total. The Kier molecular flexibility index (Phi) is 6.03. The maximum absolute atomic E-state index is 12.5. The van der Waals surface area contributed by atoms with Gasteiger partial charge in [0.2, 0.25) is 16.8 Å². The van der Waals surface area contributed by atoms with Crippen LogP contribution in [-0.2, 0) is 15.8 Å². The molecule has 174 valence electrons. The third-order valence-corrected chi connectivity index (χ3v) is 8.13. The number of para-hydroxylation sites is 1. The fraction of sp³-hybridized carbons (Fsp3) is 0.167. The monoisotopic (exact) mass is 494 g/mol. The number of fused-ring (bicyclic) bond motifs is 1. The van der Waals surface area contributed by atoms with Crippen molar-refractivity contribution in [1.29, 1.82) is 0 Å². The number of aromatic nitrogens is 3. The van der Waals surface area contributed by atoms with Crippen LogP contribution in [0, 0.1) is 0 Å². The molecule has 1 aromatic heterocycles. The number of nitrogens with zero attached hydrogens (tertiary/aromatic N) is 4. The summed E-state index contributed by atoms with van der Waals surface area (Å²) in [4.78, 5) is 0.265. The molecule has 10 heteroatoms. The molecule has 0 unspecified atom stereocenters. The summed E-state index contributed by atoms with van der Waals surface area (Å²) in [5.74, 6) is 2.59. The van der Waals surface area contributed by atoms with E-state index in [0.717, 1.165) is 16.8 Å². The van der Waals surface area contributed by atoms with Crippen LogP contribution in [0.3, 0.4) is 0 Å². The van der Waals surface area contributed by atoms with Crippen molar-refractivity contribution in [2.45, 2.75) is 15.8 Å². The zero-order valence-electron chi connectivity index (χ0n) is 18.6. The molecule has 2 heterocycles. The minimum Gasteiger partial charge on any atom is -0.454 e. The van der Waals surface area contributed by atoms with E-state index in [-0.39, 0.29) is 11.7 Å². The van der Waals surface area contributed by atoms with Gasteiger partial charge in [-0.25, -0.2) is 12.7 Å². The molecule has 0 radical (unpaired) electrons. The summed E-state index contributed by atoms with van der Waals surface area (Å²) in [6.07, 6.45) is 0. The van der Waals surface area contributed by atoms with E-state index in [9.17, 15) is 8.42 Å². The average Bonchev–Trinajstić information content (AvgIpc) is 3.50. The number of hydrogen-bond acceptors (Lipinski definition) is 7. The molecule has 3 aromatic carbocycles. The molecule has 34 heavy (non-hydrogen) atoms. The first-order chi connectivity index (χ1) is 16.4. The molecule has 0 saturated heterocycles.